The van der Waals surface area contributed by atoms with Gasteiger partial charge in [0.05, 0.1) is 30.0 Å². The van der Waals surface area contributed by atoms with Crippen LogP contribution in [-0.2, 0) is 6.42 Å². The summed E-state index contributed by atoms with van der Waals surface area (Å²) in [5.41, 5.74) is 6.35. The molecule has 0 unspecified atom stereocenters. The van der Waals surface area contributed by atoms with Crippen molar-refractivity contribution in [1.29, 1.82) is 0 Å². The minimum atomic E-state index is -0.484. The summed E-state index contributed by atoms with van der Waals surface area (Å²) in [5.74, 6) is 0.415. The van der Waals surface area contributed by atoms with Gasteiger partial charge in [0.25, 0.3) is 5.69 Å². The first-order valence-electron chi connectivity index (χ1n) is 5.60. The van der Waals surface area contributed by atoms with E-state index < -0.39 is 4.92 Å². The van der Waals surface area contributed by atoms with Crippen molar-refractivity contribution >= 4 is 5.69 Å². The first-order chi connectivity index (χ1) is 9.15. The van der Waals surface area contributed by atoms with E-state index in [2.05, 4.69) is 10.3 Å². The van der Waals surface area contributed by atoms with E-state index >= 15 is 0 Å². The van der Waals surface area contributed by atoms with Crippen molar-refractivity contribution in [3.63, 3.8) is 0 Å². The van der Waals surface area contributed by atoms with Crippen LogP contribution >= 0.6 is 0 Å². The summed E-state index contributed by atoms with van der Waals surface area (Å²) in [6.45, 7) is 0.448. The number of nitro groups is 1. The second-order valence-corrected chi connectivity index (χ2v) is 3.80. The monoisotopic (exact) mass is 263 g/mol. The number of rotatable bonds is 5. The Labute approximate surface area is 108 Å². The van der Waals surface area contributed by atoms with E-state index in [-0.39, 0.29) is 5.69 Å². The molecule has 0 aliphatic rings. The molecule has 100 valence electrons. The summed E-state index contributed by atoms with van der Waals surface area (Å²) in [6.07, 6.45) is 2.20. The lowest BCUT2D eigenvalue weighted by molar-refractivity contribution is -0.384. The molecule has 0 amide bonds. The average molecular weight is 263 g/mol. The summed E-state index contributed by atoms with van der Waals surface area (Å²) in [4.78, 5) is 10.6. The highest BCUT2D eigenvalue weighted by Crippen LogP contribution is 2.27. The molecule has 8 heteroatoms. The number of methoxy groups -OCH3 is 1. The average Bonchev–Trinajstić information content (AvgIpc) is 2.87. The number of hydrogen-bond donors (Lipinski definition) is 1. The lowest BCUT2D eigenvalue weighted by Gasteiger charge is -2.04. The van der Waals surface area contributed by atoms with Gasteiger partial charge in [0, 0.05) is 6.42 Å². The van der Waals surface area contributed by atoms with Gasteiger partial charge in [-0.3, -0.25) is 10.1 Å². The van der Waals surface area contributed by atoms with Crippen molar-refractivity contribution in [3.8, 4) is 11.4 Å². The zero-order chi connectivity index (χ0) is 13.8. The predicted molar refractivity (Wildman–Crippen MR) is 67.3 cm³/mol. The Kier molecular flexibility index (Phi) is 3.71. The number of benzene rings is 1. The maximum atomic E-state index is 11.1. The van der Waals surface area contributed by atoms with Crippen LogP contribution < -0.4 is 10.5 Å². The lowest BCUT2D eigenvalue weighted by atomic mass is 10.2. The Hall–Kier alpha value is -2.48. The molecular weight excluding hydrogens is 250 g/mol. The van der Waals surface area contributed by atoms with Crippen molar-refractivity contribution in [2.45, 2.75) is 6.42 Å². The molecule has 0 aliphatic heterocycles. The summed E-state index contributed by atoms with van der Waals surface area (Å²) in [7, 11) is 1.45. The molecule has 0 saturated carbocycles. The molecule has 0 saturated heterocycles. The fourth-order valence-electron chi connectivity index (χ4n) is 1.65. The SMILES string of the molecule is COc1ccc(-n2cc(CCN)nn2)c([N+](=O)[O-])c1. The van der Waals surface area contributed by atoms with E-state index in [1.165, 1.54) is 17.9 Å². The summed E-state index contributed by atoms with van der Waals surface area (Å²) < 4.78 is 6.34. The van der Waals surface area contributed by atoms with Crippen LogP contribution in [0.2, 0.25) is 0 Å². The molecule has 19 heavy (non-hydrogen) atoms. The smallest absolute Gasteiger partial charge is 0.298 e. The lowest BCUT2D eigenvalue weighted by Crippen LogP contribution is -2.03. The molecule has 2 N–H and O–H groups in total. The normalized spacial score (nSPS) is 10.4. The Morgan fingerprint density at radius 3 is 2.95 bits per heavy atom. The van der Waals surface area contributed by atoms with E-state index in [0.717, 1.165) is 0 Å². The minimum Gasteiger partial charge on any atom is -0.496 e. The number of hydrogen-bond acceptors (Lipinski definition) is 6. The third kappa shape index (κ3) is 2.68. The summed E-state index contributed by atoms with van der Waals surface area (Å²) in [6, 6.07) is 4.55. The van der Waals surface area contributed by atoms with Crippen molar-refractivity contribution < 1.29 is 9.66 Å². The first-order valence-corrected chi connectivity index (χ1v) is 5.60. The largest absolute Gasteiger partial charge is 0.496 e. The Morgan fingerprint density at radius 2 is 2.32 bits per heavy atom. The van der Waals surface area contributed by atoms with E-state index in [1.807, 2.05) is 0 Å². The molecular formula is C11H13N5O3. The molecule has 0 radical (unpaired) electrons. The summed E-state index contributed by atoms with van der Waals surface area (Å²) >= 11 is 0. The molecule has 1 aromatic carbocycles. The Balaban J connectivity index is 2.45. The first kappa shape index (κ1) is 13.0. The van der Waals surface area contributed by atoms with Gasteiger partial charge in [-0.25, -0.2) is 4.68 Å². The van der Waals surface area contributed by atoms with Gasteiger partial charge in [0.15, 0.2) is 0 Å². The quantitative estimate of drug-likeness (QED) is 0.627. The molecule has 0 bridgehead atoms. The topological polar surface area (TPSA) is 109 Å². The second-order valence-electron chi connectivity index (χ2n) is 3.80. The molecule has 2 aromatic rings. The van der Waals surface area contributed by atoms with E-state index in [0.29, 0.717) is 30.1 Å². The van der Waals surface area contributed by atoms with Gasteiger partial charge in [-0.05, 0) is 18.7 Å². The van der Waals surface area contributed by atoms with Gasteiger partial charge in [0.2, 0.25) is 0 Å². The van der Waals surface area contributed by atoms with Crippen molar-refractivity contribution in [3.05, 3.63) is 40.2 Å². The van der Waals surface area contributed by atoms with Crippen LogP contribution in [0.15, 0.2) is 24.4 Å². The number of nitrogens with two attached hydrogens (primary N) is 1. The van der Waals surface area contributed by atoms with Crippen LogP contribution in [0.1, 0.15) is 5.69 Å². The number of nitro benzene ring substituents is 1. The fraction of sp³-hybridized carbons (Fsp3) is 0.273. The molecule has 1 heterocycles. The highest BCUT2D eigenvalue weighted by Gasteiger charge is 2.18. The Bertz CT molecular complexity index is 596. The minimum absolute atomic E-state index is 0.0939. The van der Waals surface area contributed by atoms with E-state index in [1.54, 1.807) is 18.3 Å². The van der Waals surface area contributed by atoms with Crippen LogP contribution in [-0.4, -0.2) is 33.6 Å². The van der Waals surface area contributed by atoms with Gasteiger partial charge < -0.3 is 10.5 Å². The van der Waals surface area contributed by atoms with Gasteiger partial charge in [-0.15, -0.1) is 5.10 Å². The maximum absolute atomic E-state index is 11.1. The fourth-order valence-corrected chi connectivity index (χ4v) is 1.65. The zero-order valence-electron chi connectivity index (χ0n) is 10.3. The number of aromatic nitrogens is 3. The van der Waals surface area contributed by atoms with Crippen LogP contribution in [0.4, 0.5) is 5.69 Å². The highest BCUT2D eigenvalue weighted by molar-refractivity contribution is 5.55. The van der Waals surface area contributed by atoms with E-state index in [9.17, 15) is 10.1 Å². The van der Waals surface area contributed by atoms with Gasteiger partial charge in [-0.1, -0.05) is 5.21 Å². The Morgan fingerprint density at radius 1 is 1.53 bits per heavy atom. The highest BCUT2D eigenvalue weighted by atomic mass is 16.6. The predicted octanol–water partition coefficient (Wildman–Crippen LogP) is 0.685. The van der Waals surface area contributed by atoms with Gasteiger partial charge in [-0.2, -0.15) is 0 Å². The number of nitrogens with zero attached hydrogens (tertiary/aromatic N) is 4. The zero-order valence-corrected chi connectivity index (χ0v) is 10.3. The summed E-state index contributed by atoms with van der Waals surface area (Å²) in [5, 5.41) is 18.8. The third-order valence-electron chi connectivity index (χ3n) is 2.57. The van der Waals surface area contributed by atoms with Crippen LogP contribution in [0.5, 0.6) is 5.75 Å². The standard InChI is InChI=1S/C11H13N5O3/c1-19-9-2-3-10(11(6-9)16(17)18)15-7-8(4-5-12)13-14-15/h2-3,6-7H,4-5,12H2,1H3. The molecule has 1 aromatic heterocycles. The molecule has 0 fully saturated rings. The van der Waals surface area contributed by atoms with Crippen molar-refractivity contribution in [1.82, 2.24) is 15.0 Å². The van der Waals surface area contributed by atoms with Crippen LogP contribution in [0.25, 0.3) is 5.69 Å². The van der Waals surface area contributed by atoms with Gasteiger partial charge >= 0.3 is 0 Å². The van der Waals surface area contributed by atoms with Crippen molar-refractivity contribution in [2.24, 2.45) is 5.73 Å². The molecule has 0 atom stereocenters. The van der Waals surface area contributed by atoms with Crippen LogP contribution in [0.3, 0.4) is 0 Å². The van der Waals surface area contributed by atoms with Crippen molar-refractivity contribution in [2.75, 3.05) is 13.7 Å². The molecule has 0 aliphatic carbocycles. The van der Waals surface area contributed by atoms with Crippen LogP contribution in [0, 0.1) is 10.1 Å². The van der Waals surface area contributed by atoms with Gasteiger partial charge in [0.1, 0.15) is 11.4 Å². The molecule has 0 spiro atoms. The third-order valence-corrected chi connectivity index (χ3v) is 2.57. The number of ether oxygens (including phenoxy) is 1. The molecule has 8 nitrogen and oxygen atoms in total. The maximum Gasteiger partial charge on any atom is 0.298 e. The second kappa shape index (κ2) is 5.44. The van der Waals surface area contributed by atoms with E-state index in [4.69, 9.17) is 10.5 Å². The molecule has 2 rings (SSSR count).